The average Bonchev–Trinajstić information content (AvgIpc) is 2.48. The van der Waals surface area contributed by atoms with Gasteiger partial charge in [0.25, 0.3) is 0 Å². The fourth-order valence-corrected chi connectivity index (χ4v) is 1.94. The van der Waals surface area contributed by atoms with Gasteiger partial charge in [0, 0.05) is 10.7 Å². The van der Waals surface area contributed by atoms with E-state index in [-0.39, 0.29) is 0 Å². The summed E-state index contributed by atoms with van der Waals surface area (Å²) in [6.07, 6.45) is -0.496. The van der Waals surface area contributed by atoms with Crippen LogP contribution in [-0.4, -0.2) is 11.9 Å². The third-order valence-corrected chi connectivity index (χ3v) is 3.06. The SMILES string of the molecule is CC(OC(=O)C(=O)Nc1cccc(Cl)c1)c1ccccc1. The Kier molecular flexibility index (Phi) is 4.95. The van der Waals surface area contributed by atoms with Gasteiger partial charge in [-0.3, -0.25) is 4.79 Å². The van der Waals surface area contributed by atoms with Crippen LogP contribution in [-0.2, 0) is 14.3 Å². The van der Waals surface area contributed by atoms with Crippen molar-refractivity contribution < 1.29 is 14.3 Å². The molecule has 2 aromatic rings. The van der Waals surface area contributed by atoms with Crippen molar-refractivity contribution in [3.05, 3.63) is 65.2 Å². The van der Waals surface area contributed by atoms with Gasteiger partial charge in [0.05, 0.1) is 0 Å². The Bertz CT molecular complexity index is 643. The summed E-state index contributed by atoms with van der Waals surface area (Å²) in [5.41, 5.74) is 1.26. The molecule has 108 valence electrons. The number of hydrogen-bond donors (Lipinski definition) is 1. The predicted octanol–water partition coefficient (Wildman–Crippen LogP) is 3.58. The molecule has 21 heavy (non-hydrogen) atoms. The number of nitrogens with one attached hydrogen (secondary N) is 1. The third-order valence-electron chi connectivity index (χ3n) is 2.82. The molecule has 0 saturated carbocycles. The smallest absolute Gasteiger partial charge is 0.397 e. The summed E-state index contributed by atoms with van der Waals surface area (Å²) in [5, 5.41) is 2.91. The second-order valence-corrected chi connectivity index (χ2v) is 4.86. The molecule has 0 bridgehead atoms. The molecule has 0 aromatic heterocycles. The molecule has 0 aliphatic carbocycles. The number of amides is 1. The number of hydrogen-bond acceptors (Lipinski definition) is 3. The van der Waals surface area contributed by atoms with Crippen LogP contribution < -0.4 is 5.32 Å². The Morgan fingerprint density at radius 1 is 1.10 bits per heavy atom. The van der Waals surface area contributed by atoms with Gasteiger partial charge in [0.1, 0.15) is 6.10 Å². The zero-order valence-electron chi connectivity index (χ0n) is 11.4. The van der Waals surface area contributed by atoms with Gasteiger partial charge in [-0.1, -0.05) is 48.0 Å². The summed E-state index contributed by atoms with van der Waals surface area (Å²) in [4.78, 5) is 23.5. The Labute approximate surface area is 127 Å². The largest absolute Gasteiger partial charge is 0.451 e. The third kappa shape index (κ3) is 4.33. The summed E-state index contributed by atoms with van der Waals surface area (Å²) in [7, 11) is 0. The zero-order chi connectivity index (χ0) is 15.2. The normalized spacial score (nSPS) is 11.5. The highest BCUT2D eigenvalue weighted by Crippen LogP contribution is 2.17. The summed E-state index contributed by atoms with van der Waals surface area (Å²) < 4.78 is 5.12. The Balaban J connectivity index is 1.95. The second-order valence-electron chi connectivity index (χ2n) is 4.42. The van der Waals surface area contributed by atoms with E-state index >= 15 is 0 Å². The molecule has 2 rings (SSSR count). The lowest BCUT2D eigenvalue weighted by Gasteiger charge is -2.13. The van der Waals surface area contributed by atoms with Gasteiger partial charge >= 0.3 is 11.9 Å². The number of halogens is 1. The molecule has 0 spiro atoms. The van der Waals surface area contributed by atoms with E-state index in [0.29, 0.717) is 10.7 Å². The molecule has 0 fully saturated rings. The van der Waals surface area contributed by atoms with Crippen molar-refractivity contribution in [1.29, 1.82) is 0 Å². The van der Waals surface area contributed by atoms with Crippen molar-refractivity contribution in [1.82, 2.24) is 0 Å². The maximum Gasteiger partial charge on any atom is 0.397 e. The summed E-state index contributed by atoms with van der Waals surface area (Å²) in [5.74, 6) is -1.77. The molecule has 1 N–H and O–H groups in total. The summed E-state index contributed by atoms with van der Waals surface area (Å²) in [6, 6.07) is 15.7. The van der Waals surface area contributed by atoms with Crippen molar-refractivity contribution in [2.75, 3.05) is 5.32 Å². The number of rotatable bonds is 3. The molecule has 4 nitrogen and oxygen atoms in total. The number of anilines is 1. The van der Waals surface area contributed by atoms with Crippen molar-refractivity contribution in [3.63, 3.8) is 0 Å². The molecule has 5 heteroatoms. The minimum Gasteiger partial charge on any atom is -0.451 e. The molecule has 0 radical (unpaired) electrons. The first kappa shape index (κ1) is 15.1. The standard InChI is InChI=1S/C16H14ClNO3/c1-11(12-6-3-2-4-7-12)21-16(20)15(19)18-14-9-5-8-13(17)10-14/h2-11H,1H3,(H,18,19). The lowest BCUT2D eigenvalue weighted by Crippen LogP contribution is -2.26. The number of ether oxygens (including phenoxy) is 1. The van der Waals surface area contributed by atoms with Gasteiger partial charge in [0.2, 0.25) is 0 Å². The Hall–Kier alpha value is -2.33. The molecule has 2 aromatic carbocycles. The average molecular weight is 304 g/mol. The predicted molar refractivity (Wildman–Crippen MR) is 81.0 cm³/mol. The van der Waals surface area contributed by atoms with E-state index in [1.165, 1.54) is 0 Å². The summed E-state index contributed by atoms with van der Waals surface area (Å²) >= 11 is 5.80. The summed E-state index contributed by atoms with van der Waals surface area (Å²) in [6.45, 7) is 1.71. The first-order valence-corrected chi connectivity index (χ1v) is 6.76. The number of carbonyl (C=O) groups excluding carboxylic acids is 2. The van der Waals surface area contributed by atoms with Crippen LogP contribution in [0.1, 0.15) is 18.6 Å². The first-order valence-electron chi connectivity index (χ1n) is 6.39. The van der Waals surface area contributed by atoms with Crippen molar-refractivity contribution in [2.45, 2.75) is 13.0 Å². The maximum atomic E-state index is 11.8. The van der Waals surface area contributed by atoms with Crippen molar-refractivity contribution in [3.8, 4) is 0 Å². The zero-order valence-corrected chi connectivity index (χ0v) is 12.1. The van der Waals surface area contributed by atoms with Gasteiger partial charge in [0.15, 0.2) is 0 Å². The molecule has 1 unspecified atom stereocenters. The fraction of sp³-hybridized carbons (Fsp3) is 0.125. The van der Waals surface area contributed by atoms with Crippen LogP contribution in [0.3, 0.4) is 0 Å². The highest BCUT2D eigenvalue weighted by Gasteiger charge is 2.19. The molecule has 0 heterocycles. The van der Waals surface area contributed by atoms with Crippen LogP contribution in [0.15, 0.2) is 54.6 Å². The molecule has 0 aliphatic heterocycles. The Morgan fingerprint density at radius 3 is 2.48 bits per heavy atom. The lowest BCUT2D eigenvalue weighted by atomic mass is 10.1. The minimum absolute atomic E-state index is 0.441. The van der Waals surface area contributed by atoms with E-state index in [1.807, 2.05) is 30.3 Å². The van der Waals surface area contributed by atoms with E-state index < -0.39 is 18.0 Å². The quantitative estimate of drug-likeness (QED) is 0.696. The van der Waals surface area contributed by atoms with Crippen molar-refractivity contribution >= 4 is 29.2 Å². The molecule has 0 aliphatic rings. The number of carbonyl (C=O) groups is 2. The second kappa shape index (κ2) is 6.90. The molecule has 0 saturated heterocycles. The highest BCUT2D eigenvalue weighted by atomic mass is 35.5. The van der Waals surface area contributed by atoms with Crippen LogP contribution in [0.5, 0.6) is 0 Å². The minimum atomic E-state index is -0.939. The number of benzene rings is 2. The van der Waals surface area contributed by atoms with Gasteiger partial charge in [-0.05, 0) is 30.7 Å². The Morgan fingerprint density at radius 2 is 1.81 bits per heavy atom. The van der Waals surface area contributed by atoms with E-state index in [2.05, 4.69) is 5.32 Å². The maximum absolute atomic E-state index is 11.8. The van der Waals surface area contributed by atoms with Crippen LogP contribution in [0.4, 0.5) is 5.69 Å². The van der Waals surface area contributed by atoms with Crippen LogP contribution in [0.2, 0.25) is 5.02 Å². The van der Waals surface area contributed by atoms with Gasteiger partial charge < -0.3 is 10.1 Å². The van der Waals surface area contributed by atoms with Crippen LogP contribution in [0.25, 0.3) is 0 Å². The van der Waals surface area contributed by atoms with E-state index in [0.717, 1.165) is 5.56 Å². The highest BCUT2D eigenvalue weighted by molar-refractivity contribution is 6.37. The molecule has 1 amide bonds. The first-order chi connectivity index (χ1) is 10.1. The molecular weight excluding hydrogens is 290 g/mol. The monoisotopic (exact) mass is 303 g/mol. The van der Waals surface area contributed by atoms with Gasteiger partial charge in [-0.25, -0.2) is 4.79 Å². The van der Waals surface area contributed by atoms with Gasteiger partial charge in [-0.2, -0.15) is 0 Å². The molecule has 1 atom stereocenters. The topological polar surface area (TPSA) is 55.4 Å². The van der Waals surface area contributed by atoms with Gasteiger partial charge in [-0.15, -0.1) is 0 Å². The van der Waals surface area contributed by atoms with E-state index in [4.69, 9.17) is 16.3 Å². The fourth-order valence-electron chi connectivity index (χ4n) is 1.75. The molecular formula is C16H14ClNO3. The van der Waals surface area contributed by atoms with Crippen LogP contribution in [0, 0.1) is 0 Å². The number of esters is 1. The van der Waals surface area contributed by atoms with Crippen LogP contribution >= 0.6 is 11.6 Å². The van der Waals surface area contributed by atoms with E-state index in [1.54, 1.807) is 31.2 Å². The van der Waals surface area contributed by atoms with Crippen molar-refractivity contribution in [2.24, 2.45) is 0 Å². The van der Waals surface area contributed by atoms with E-state index in [9.17, 15) is 9.59 Å². The lowest BCUT2D eigenvalue weighted by molar-refractivity contribution is -0.156.